The van der Waals surface area contributed by atoms with Crippen LogP contribution < -0.4 is 0 Å². The van der Waals surface area contributed by atoms with Crippen molar-refractivity contribution in [3.8, 4) is 0 Å². The van der Waals surface area contributed by atoms with Crippen LogP contribution in [0.4, 0.5) is 0 Å². The van der Waals surface area contributed by atoms with Gasteiger partial charge in [0, 0.05) is 5.75 Å². The van der Waals surface area contributed by atoms with Crippen molar-refractivity contribution >= 4 is 25.3 Å². The number of thiol groups is 2. The van der Waals surface area contributed by atoms with E-state index in [1.807, 2.05) is 0 Å². The molecule has 0 heterocycles. The van der Waals surface area contributed by atoms with E-state index in [-0.39, 0.29) is 0 Å². The van der Waals surface area contributed by atoms with E-state index in [1.54, 1.807) is 0 Å². The molecule has 11 heavy (non-hydrogen) atoms. The largest absolute Gasteiger partial charge is 0.179 e. The predicted molar refractivity (Wildman–Crippen MR) is 56.7 cm³/mol. The van der Waals surface area contributed by atoms with E-state index in [0.717, 1.165) is 17.9 Å². The van der Waals surface area contributed by atoms with Gasteiger partial charge in [-0.2, -0.15) is 25.3 Å². The fourth-order valence-electron chi connectivity index (χ4n) is 0.940. The second-order valence-electron chi connectivity index (χ2n) is 2.45. The van der Waals surface area contributed by atoms with Crippen LogP contribution in [0.2, 0.25) is 0 Å². The summed E-state index contributed by atoms with van der Waals surface area (Å²) in [7, 11) is 0. The first kappa shape index (κ1) is 9.01. The van der Waals surface area contributed by atoms with Gasteiger partial charge in [-0.15, -0.1) is 0 Å². The Kier molecular flexibility index (Phi) is 3.87. The van der Waals surface area contributed by atoms with Crippen molar-refractivity contribution in [3.63, 3.8) is 0 Å². The highest BCUT2D eigenvalue weighted by atomic mass is 32.1. The van der Waals surface area contributed by atoms with Crippen molar-refractivity contribution in [2.75, 3.05) is 5.75 Å². The van der Waals surface area contributed by atoms with Gasteiger partial charge < -0.3 is 0 Å². The highest BCUT2D eigenvalue weighted by Crippen LogP contribution is 2.07. The van der Waals surface area contributed by atoms with Crippen LogP contribution in [0.3, 0.4) is 0 Å². The molecule has 0 N–H and O–H groups in total. The van der Waals surface area contributed by atoms with Gasteiger partial charge in [0.05, 0.1) is 0 Å². The lowest BCUT2D eigenvalue weighted by Crippen LogP contribution is -1.86. The Balaban J connectivity index is 2.66. The monoisotopic (exact) mass is 184 g/mol. The fourth-order valence-corrected chi connectivity index (χ4v) is 1.41. The van der Waals surface area contributed by atoms with E-state index in [1.165, 1.54) is 11.1 Å². The lowest BCUT2D eigenvalue weighted by molar-refractivity contribution is 1.16. The first-order valence-electron chi connectivity index (χ1n) is 3.66. The zero-order valence-corrected chi connectivity index (χ0v) is 8.11. The maximum Gasteiger partial charge on any atom is 0.0154 e. The minimum absolute atomic E-state index is 0.821. The molecule has 0 nitrogen and oxygen atoms in total. The number of rotatable bonds is 3. The Morgan fingerprint density at radius 1 is 0.909 bits per heavy atom. The number of benzene rings is 1. The maximum atomic E-state index is 4.18. The van der Waals surface area contributed by atoms with Gasteiger partial charge in [0.2, 0.25) is 0 Å². The summed E-state index contributed by atoms with van der Waals surface area (Å²) in [5.74, 6) is 1.74. The third-order valence-corrected chi connectivity index (χ3v) is 2.19. The van der Waals surface area contributed by atoms with Gasteiger partial charge in [-0.3, -0.25) is 0 Å². The molecular weight excluding hydrogens is 172 g/mol. The van der Waals surface area contributed by atoms with Crippen molar-refractivity contribution < 1.29 is 0 Å². The van der Waals surface area contributed by atoms with Gasteiger partial charge in [0.25, 0.3) is 0 Å². The third kappa shape index (κ3) is 2.80. The highest BCUT2D eigenvalue weighted by Gasteiger charge is 1.91. The molecule has 1 aromatic carbocycles. The molecule has 0 saturated carbocycles. The van der Waals surface area contributed by atoms with Gasteiger partial charge in [-0.1, -0.05) is 24.3 Å². The van der Waals surface area contributed by atoms with Crippen LogP contribution in [0.5, 0.6) is 0 Å². The first-order valence-corrected chi connectivity index (χ1v) is 4.93. The molecule has 0 radical (unpaired) electrons. The number of hydrogen-bond donors (Lipinski definition) is 2. The summed E-state index contributed by atoms with van der Waals surface area (Å²) in [6.45, 7) is 0. The second kappa shape index (κ2) is 4.73. The lowest BCUT2D eigenvalue weighted by Gasteiger charge is -1.99. The van der Waals surface area contributed by atoms with E-state index >= 15 is 0 Å². The molecule has 1 rings (SSSR count). The van der Waals surface area contributed by atoms with E-state index in [4.69, 9.17) is 0 Å². The summed E-state index contributed by atoms with van der Waals surface area (Å²) in [6.07, 6.45) is 1.05. The highest BCUT2D eigenvalue weighted by molar-refractivity contribution is 7.80. The molecule has 0 fully saturated rings. The molecule has 0 spiro atoms. The topological polar surface area (TPSA) is 0 Å². The molecule has 60 valence electrons. The van der Waals surface area contributed by atoms with Crippen LogP contribution in [0.1, 0.15) is 11.1 Å². The molecule has 0 unspecified atom stereocenters. The number of aryl methyl sites for hydroxylation is 1. The van der Waals surface area contributed by atoms with Crippen LogP contribution >= 0.6 is 25.3 Å². The standard InChI is InChI=1S/C9H12S2/c10-6-5-8-1-3-9(7-11)4-2-8/h1-4,10-11H,5-7H2. The fraction of sp³-hybridized carbons (Fsp3) is 0.333. The minimum Gasteiger partial charge on any atom is -0.179 e. The summed E-state index contributed by atoms with van der Waals surface area (Å²) in [6, 6.07) is 8.51. The second-order valence-corrected chi connectivity index (χ2v) is 3.21. The SMILES string of the molecule is SCCc1ccc(CS)cc1. The Labute approximate surface area is 78.8 Å². The summed E-state index contributed by atoms with van der Waals surface area (Å²) in [5, 5.41) is 0. The minimum atomic E-state index is 0.821. The maximum absolute atomic E-state index is 4.18. The van der Waals surface area contributed by atoms with Crippen LogP contribution in [-0.2, 0) is 12.2 Å². The van der Waals surface area contributed by atoms with Gasteiger partial charge in [0.1, 0.15) is 0 Å². The van der Waals surface area contributed by atoms with Gasteiger partial charge in [0.15, 0.2) is 0 Å². The Bertz CT molecular complexity index is 203. The van der Waals surface area contributed by atoms with Crippen LogP contribution in [0, 0.1) is 0 Å². The lowest BCUT2D eigenvalue weighted by atomic mass is 10.1. The van der Waals surface area contributed by atoms with E-state index in [0.29, 0.717) is 0 Å². The van der Waals surface area contributed by atoms with E-state index in [2.05, 4.69) is 49.5 Å². The van der Waals surface area contributed by atoms with E-state index < -0.39 is 0 Å². The van der Waals surface area contributed by atoms with Crippen molar-refractivity contribution in [2.24, 2.45) is 0 Å². The zero-order chi connectivity index (χ0) is 8.10. The van der Waals surface area contributed by atoms with Gasteiger partial charge in [-0.25, -0.2) is 0 Å². The van der Waals surface area contributed by atoms with Gasteiger partial charge in [-0.05, 0) is 23.3 Å². The molecule has 0 amide bonds. The average Bonchev–Trinajstić information content (AvgIpc) is 2.07. The van der Waals surface area contributed by atoms with Crippen LogP contribution in [0.25, 0.3) is 0 Å². The van der Waals surface area contributed by atoms with E-state index in [9.17, 15) is 0 Å². The van der Waals surface area contributed by atoms with Crippen molar-refractivity contribution in [3.05, 3.63) is 35.4 Å². The zero-order valence-electron chi connectivity index (χ0n) is 6.33. The first-order chi connectivity index (χ1) is 5.36. The van der Waals surface area contributed by atoms with Crippen molar-refractivity contribution in [2.45, 2.75) is 12.2 Å². The molecule has 2 heteroatoms. The summed E-state index contributed by atoms with van der Waals surface area (Å²) in [4.78, 5) is 0. The third-order valence-electron chi connectivity index (χ3n) is 1.61. The normalized spacial score (nSPS) is 10.0. The predicted octanol–water partition coefficient (Wildman–Crippen LogP) is 2.59. The molecule has 1 aromatic rings. The van der Waals surface area contributed by atoms with Crippen molar-refractivity contribution in [1.82, 2.24) is 0 Å². The number of hydrogen-bond acceptors (Lipinski definition) is 2. The quantitative estimate of drug-likeness (QED) is 0.663. The molecule has 0 aliphatic rings. The molecule has 0 atom stereocenters. The molecular formula is C9H12S2. The summed E-state index contributed by atoms with van der Waals surface area (Å²) >= 11 is 8.35. The molecule has 0 aromatic heterocycles. The van der Waals surface area contributed by atoms with Gasteiger partial charge >= 0.3 is 0 Å². The average molecular weight is 184 g/mol. The molecule has 0 saturated heterocycles. The van der Waals surface area contributed by atoms with Crippen molar-refractivity contribution in [1.29, 1.82) is 0 Å². The Morgan fingerprint density at radius 2 is 1.45 bits per heavy atom. The molecule has 0 bridgehead atoms. The smallest absolute Gasteiger partial charge is 0.0154 e. The summed E-state index contributed by atoms with van der Waals surface area (Å²) < 4.78 is 0. The Morgan fingerprint density at radius 3 is 1.91 bits per heavy atom. The van der Waals surface area contributed by atoms with Crippen LogP contribution in [-0.4, -0.2) is 5.75 Å². The molecule has 0 aliphatic carbocycles. The summed E-state index contributed by atoms with van der Waals surface area (Å²) in [5.41, 5.74) is 2.63. The molecule has 0 aliphatic heterocycles. The Hall–Kier alpha value is -0.0800. The van der Waals surface area contributed by atoms with Crippen LogP contribution in [0.15, 0.2) is 24.3 Å².